The number of carboxylic acids is 1. The summed E-state index contributed by atoms with van der Waals surface area (Å²) in [7, 11) is 0. The van der Waals surface area contributed by atoms with Crippen molar-refractivity contribution in [2.24, 2.45) is 11.5 Å². The van der Waals surface area contributed by atoms with E-state index in [1.165, 1.54) is 31.2 Å². The first-order valence-electron chi connectivity index (χ1n) is 9.50. The quantitative estimate of drug-likeness (QED) is 0.158. The van der Waals surface area contributed by atoms with Crippen molar-refractivity contribution in [2.75, 3.05) is 6.54 Å². The molecule has 4 unspecified atom stereocenters. The molecule has 0 aliphatic rings. The van der Waals surface area contributed by atoms with Crippen LogP contribution in [0, 0.1) is 0 Å². The van der Waals surface area contributed by atoms with Crippen molar-refractivity contribution < 1.29 is 39.3 Å². The zero-order chi connectivity index (χ0) is 24.4. The van der Waals surface area contributed by atoms with Crippen LogP contribution in [0.2, 0.25) is 0 Å². The minimum atomic E-state index is -1.48. The summed E-state index contributed by atoms with van der Waals surface area (Å²) in [6, 6.07) is 1.62. The van der Waals surface area contributed by atoms with Gasteiger partial charge in [-0.3, -0.25) is 19.2 Å². The number of benzene rings is 1. The van der Waals surface area contributed by atoms with E-state index in [0.29, 0.717) is 5.56 Å². The van der Waals surface area contributed by atoms with Gasteiger partial charge in [0.2, 0.25) is 23.6 Å². The van der Waals surface area contributed by atoms with E-state index in [-0.39, 0.29) is 12.2 Å². The number of rotatable bonds is 12. The zero-order valence-electron chi connectivity index (χ0n) is 17.3. The summed E-state index contributed by atoms with van der Waals surface area (Å²) in [5, 5.41) is 34.9. The highest BCUT2D eigenvalue weighted by molar-refractivity contribution is 5.94. The molecule has 1 aromatic rings. The number of aliphatic hydroxyl groups is 1. The monoisotopic (exact) mass is 453 g/mol. The fraction of sp³-hybridized carbons (Fsp3) is 0.421. The molecule has 0 fully saturated rings. The number of aromatic hydroxyl groups is 1. The van der Waals surface area contributed by atoms with Crippen LogP contribution in [-0.4, -0.2) is 75.7 Å². The molecule has 0 saturated carbocycles. The van der Waals surface area contributed by atoms with E-state index in [9.17, 15) is 39.3 Å². The van der Waals surface area contributed by atoms with Gasteiger partial charge in [0.05, 0.1) is 25.1 Å². The first-order valence-corrected chi connectivity index (χ1v) is 9.50. The SMILES string of the molecule is CC(O)C(NC(=O)C(N)CC(N)=O)C(=O)NCC(=O)NC(Cc1ccc(O)cc1)C(=O)O. The first-order chi connectivity index (χ1) is 14.9. The highest BCUT2D eigenvalue weighted by Crippen LogP contribution is 2.11. The molecule has 1 aromatic carbocycles. The second-order valence-electron chi connectivity index (χ2n) is 7.05. The van der Waals surface area contributed by atoms with Crippen molar-refractivity contribution in [1.82, 2.24) is 16.0 Å². The third-order valence-corrected chi connectivity index (χ3v) is 4.25. The van der Waals surface area contributed by atoms with E-state index in [4.69, 9.17) is 11.5 Å². The number of nitrogens with one attached hydrogen (secondary N) is 3. The van der Waals surface area contributed by atoms with Crippen molar-refractivity contribution in [3.8, 4) is 5.75 Å². The molecule has 0 aliphatic heterocycles. The third-order valence-electron chi connectivity index (χ3n) is 4.25. The standard InChI is InChI=1S/C19H27N5O8/c1-9(25)16(24-17(29)12(20)7-14(21)27)18(30)22-8-15(28)23-13(19(31)32)6-10-2-4-11(26)5-3-10/h2-5,9,12-13,16,25-26H,6-8,20H2,1H3,(H2,21,27)(H,22,30)(H,23,28)(H,24,29)(H,31,32). The molecule has 0 aliphatic carbocycles. The van der Waals surface area contributed by atoms with E-state index in [1.807, 2.05) is 0 Å². The maximum Gasteiger partial charge on any atom is 0.326 e. The Morgan fingerprint density at radius 2 is 1.62 bits per heavy atom. The molecule has 10 N–H and O–H groups in total. The second kappa shape index (κ2) is 12.2. The number of phenolic OH excluding ortho intramolecular Hbond substituents is 1. The maximum absolute atomic E-state index is 12.3. The largest absolute Gasteiger partial charge is 0.508 e. The fourth-order valence-corrected chi connectivity index (χ4v) is 2.57. The molecule has 0 aromatic heterocycles. The normalized spacial score (nSPS) is 14.3. The highest BCUT2D eigenvalue weighted by atomic mass is 16.4. The summed E-state index contributed by atoms with van der Waals surface area (Å²) < 4.78 is 0. The molecule has 176 valence electrons. The van der Waals surface area contributed by atoms with E-state index in [0.717, 1.165) is 0 Å². The van der Waals surface area contributed by atoms with E-state index in [1.54, 1.807) is 0 Å². The summed E-state index contributed by atoms with van der Waals surface area (Å²) in [5.41, 5.74) is 11.0. The predicted octanol–water partition coefficient (Wildman–Crippen LogP) is -3.31. The van der Waals surface area contributed by atoms with E-state index in [2.05, 4.69) is 16.0 Å². The summed E-state index contributed by atoms with van der Waals surface area (Å²) in [6.07, 6.45) is -1.91. The minimum Gasteiger partial charge on any atom is -0.508 e. The van der Waals surface area contributed by atoms with Gasteiger partial charge in [0, 0.05) is 6.42 Å². The molecule has 13 nitrogen and oxygen atoms in total. The highest BCUT2D eigenvalue weighted by Gasteiger charge is 2.29. The Hall–Kier alpha value is -3.71. The zero-order valence-corrected chi connectivity index (χ0v) is 17.3. The number of primary amides is 1. The van der Waals surface area contributed by atoms with Crippen molar-refractivity contribution in [3.05, 3.63) is 29.8 Å². The number of phenols is 1. The number of carbonyl (C=O) groups is 5. The van der Waals surface area contributed by atoms with Crippen LogP contribution in [0.3, 0.4) is 0 Å². The molecular weight excluding hydrogens is 426 g/mol. The number of aliphatic carboxylic acids is 1. The molecule has 1 rings (SSSR count). The molecule has 4 amide bonds. The van der Waals surface area contributed by atoms with E-state index < -0.39 is 66.8 Å². The van der Waals surface area contributed by atoms with Crippen molar-refractivity contribution in [3.63, 3.8) is 0 Å². The maximum atomic E-state index is 12.3. The van der Waals surface area contributed by atoms with Gasteiger partial charge < -0.3 is 42.7 Å². The van der Waals surface area contributed by atoms with Gasteiger partial charge in [-0.25, -0.2) is 4.79 Å². The van der Waals surface area contributed by atoms with Crippen LogP contribution in [0.15, 0.2) is 24.3 Å². The molecule has 0 saturated heterocycles. The van der Waals surface area contributed by atoms with Gasteiger partial charge in [-0.05, 0) is 24.6 Å². The Labute approximate surface area is 183 Å². The molecule has 32 heavy (non-hydrogen) atoms. The van der Waals surface area contributed by atoms with Crippen LogP contribution in [-0.2, 0) is 30.4 Å². The van der Waals surface area contributed by atoms with E-state index >= 15 is 0 Å². The lowest BCUT2D eigenvalue weighted by Crippen LogP contribution is -2.57. The van der Waals surface area contributed by atoms with Gasteiger partial charge in [0.1, 0.15) is 17.8 Å². The van der Waals surface area contributed by atoms with Crippen LogP contribution < -0.4 is 27.4 Å². The number of aliphatic hydroxyl groups excluding tert-OH is 1. The molecule has 13 heteroatoms. The van der Waals surface area contributed by atoms with Crippen LogP contribution >= 0.6 is 0 Å². The van der Waals surface area contributed by atoms with Gasteiger partial charge in [0.15, 0.2) is 0 Å². The Morgan fingerprint density at radius 1 is 1.03 bits per heavy atom. The molecule has 0 spiro atoms. The van der Waals surface area contributed by atoms with Crippen LogP contribution in [0.5, 0.6) is 5.75 Å². The molecule has 0 radical (unpaired) electrons. The Morgan fingerprint density at radius 3 is 2.12 bits per heavy atom. The topological polar surface area (TPSA) is 234 Å². The first kappa shape index (κ1) is 26.3. The number of nitrogens with two attached hydrogens (primary N) is 2. The number of amides is 4. The van der Waals surface area contributed by atoms with Crippen LogP contribution in [0.25, 0.3) is 0 Å². The van der Waals surface area contributed by atoms with Gasteiger partial charge >= 0.3 is 5.97 Å². The Bertz CT molecular complexity index is 843. The van der Waals surface area contributed by atoms with Crippen LogP contribution in [0.4, 0.5) is 0 Å². The summed E-state index contributed by atoms with van der Waals surface area (Å²) in [5.74, 6) is -4.80. The van der Waals surface area contributed by atoms with Gasteiger partial charge in [-0.1, -0.05) is 12.1 Å². The lowest BCUT2D eigenvalue weighted by Gasteiger charge is -2.22. The van der Waals surface area contributed by atoms with Crippen LogP contribution in [0.1, 0.15) is 18.9 Å². The van der Waals surface area contributed by atoms with Crippen molar-refractivity contribution >= 4 is 29.6 Å². The van der Waals surface area contributed by atoms with Gasteiger partial charge in [0.25, 0.3) is 0 Å². The summed E-state index contributed by atoms with van der Waals surface area (Å²) in [6.45, 7) is 0.576. The van der Waals surface area contributed by atoms with Crippen molar-refractivity contribution in [1.29, 1.82) is 0 Å². The minimum absolute atomic E-state index is 0.00251. The summed E-state index contributed by atoms with van der Waals surface area (Å²) in [4.78, 5) is 58.6. The van der Waals surface area contributed by atoms with Gasteiger partial charge in [-0.2, -0.15) is 0 Å². The fourth-order valence-electron chi connectivity index (χ4n) is 2.57. The smallest absolute Gasteiger partial charge is 0.326 e. The number of hydrogen-bond acceptors (Lipinski definition) is 8. The summed E-state index contributed by atoms with van der Waals surface area (Å²) >= 11 is 0. The average molecular weight is 453 g/mol. The lowest BCUT2D eigenvalue weighted by molar-refractivity contribution is -0.141. The number of carboxylic acid groups (broad SMARTS) is 1. The second-order valence-corrected chi connectivity index (χ2v) is 7.05. The van der Waals surface area contributed by atoms with Crippen molar-refractivity contribution in [2.45, 2.75) is 44.0 Å². The third kappa shape index (κ3) is 8.97. The average Bonchev–Trinajstić information content (AvgIpc) is 2.70. The Balaban J connectivity index is 2.65. The molecule has 0 bridgehead atoms. The molecule has 4 atom stereocenters. The van der Waals surface area contributed by atoms with Gasteiger partial charge in [-0.15, -0.1) is 0 Å². The lowest BCUT2D eigenvalue weighted by atomic mass is 10.1. The molecule has 0 heterocycles. The predicted molar refractivity (Wildman–Crippen MR) is 110 cm³/mol. The number of carbonyl (C=O) groups excluding carboxylic acids is 4. The number of hydrogen-bond donors (Lipinski definition) is 8. The Kier molecular flexibility index (Phi) is 10.1. The molecular formula is C19H27N5O8.